The summed E-state index contributed by atoms with van der Waals surface area (Å²) in [6, 6.07) is 15.5. The Morgan fingerprint density at radius 2 is 2.03 bits per heavy atom. The van der Waals surface area contributed by atoms with E-state index in [1.807, 2.05) is 24.3 Å². The molecule has 0 radical (unpaired) electrons. The van der Waals surface area contributed by atoms with Crippen LogP contribution in [0.5, 0.6) is 5.75 Å². The number of nitrogens with two attached hydrogens (primary N) is 1. The van der Waals surface area contributed by atoms with Gasteiger partial charge in [-0.1, -0.05) is 18.2 Å². The number of hydrogen-bond donors (Lipinski definition) is 2. The van der Waals surface area contributed by atoms with Crippen LogP contribution < -0.4 is 10.5 Å². The van der Waals surface area contributed by atoms with E-state index in [0.29, 0.717) is 24.5 Å². The van der Waals surface area contributed by atoms with Gasteiger partial charge in [-0.05, 0) is 66.2 Å². The molecule has 6 heteroatoms. The predicted molar refractivity (Wildman–Crippen MR) is 119 cm³/mol. The normalized spacial score (nSPS) is 11.1. The van der Waals surface area contributed by atoms with E-state index in [-0.39, 0.29) is 6.42 Å². The molecule has 0 aliphatic rings. The minimum Gasteiger partial charge on any atom is -0.489 e. The fourth-order valence-electron chi connectivity index (χ4n) is 3.49. The zero-order valence-electron chi connectivity index (χ0n) is 16.5. The third-order valence-electron chi connectivity index (χ3n) is 4.91. The number of carboxylic acids is 1. The second-order valence-electron chi connectivity index (χ2n) is 7.14. The molecule has 0 saturated carbocycles. The Hall–Kier alpha value is -3.09. The Balaban J connectivity index is 1.60. The molecule has 4 rings (SSSR count). The maximum Gasteiger partial charge on any atom is 0.307 e. The van der Waals surface area contributed by atoms with E-state index in [9.17, 15) is 4.79 Å². The highest BCUT2D eigenvalue weighted by atomic mass is 32.1. The third-order valence-corrected chi connectivity index (χ3v) is 5.91. The van der Waals surface area contributed by atoms with Crippen LogP contribution in [0, 0.1) is 0 Å². The minimum atomic E-state index is -0.879. The molecule has 0 fully saturated rings. The first kappa shape index (κ1) is 20.2. The van der Waals surface area contributed by atoms with Gasteiger partial charge < -0.3 is 20.0 Å². The molecule has 154 valence electrons. The second-order valence-corrected chi connectivity index (χ2v) is 8.14. The maximum atomic E-state index is 11.1. The smallest absolute Gasteiger partial charge is 0.307 e. The summed E-state index contributed by atoms with van der Waals surface area (Å²) in [6.07, 6.45) is 3.58. The lowest BCUT2D eigenvalue weighted by Crippen LogP contribution is -2.04. The molecule has 4 aromatic rings. The zero-order valence-corrected chi connectivity index (χ0v) is 17.3. The van der Waals surface area contributed by atoms with E-state index in [1.165, 1.54) is 4.88 Å². The number of carboxylic acid groups (broad SMARTS) is 1. The Morgan fingerprint density at radius 3 is 2.87 bits per heavy atom. The Kier molecular flexibility index (Phi) is 6.16. The number of fused-ring (bicyclic) bond motifs is 1. The van der Waals surface area contributed by atoms with Crippen LogP contribution in [0.2, 0.25) is 0 Å². The molecule has 0 bridgehead atoms. The lowest BCUT2D eigenvalue weighted by molar-refractivity contribution is -0.136. The molecule has 0 atom stereocenters. The first-order chi connectivity index (χ1) is 14.6. The van der Waals surface area contributed by atoms with Gasteiger partial charge in [0.25, 0.3) is 0 Å². The van der Waals surface area contributed by atoms with Gasteiger partial charge in [-0.2, -0.15) is 0 Å². The number of thiophene rings is 1. The van der Waals surface area contributed by atoms with Gasteiger partial charge in [0.1, 0.15) is 17.9 Å². The largest absolute Gasteiger partial charge is 0.489 e. The molecule has 30 heavy (non-hydrogen) atoms. The van der Waals surface area contributed by atoms with Gasteiger partial charge in [0.05, 0.1) is 12.7 Å². The van der Waals surface area contributed by atoms with Crippen LogP contribution in [-0.4, -0.2) is 17.6 Å². The van der Waals surface area contributed by atoms with E-state index >= 15 is 0 Å². The average Bonchev–Trinajstić information content (AvgIpc) is 3.40. The molecule has 3 N–H and O–H groups in total. The summed E-state index contributed by atoms with van der Waals surface area (Å²) in [5.74, 6) is -0.288. The molecule has 0 aliphatic heterocycles. The van der Waals surface area contributed by atoms with Crippen molar-refractivity contribution in [2.75, 3.05) is 6.54 Å². The highest BCUT2D eigenvalue weighted by molar-refractivity contribution is 7.10. The Morgan fingerprint density at radius 1 is 1.17 bits per heavy atom. The van der Waals surface area contributed by atoms with E-state index in [2.05, 4.69) is 17.5 Å². The minimum absolute atomic E-state index is 0.0668. The van der Waals surface area contributed by atoms with E-state index in [4.69, 9.17) is 20.0 Å². The van der Waals surface area contributed by atoms with Crippen molar-refractivity contribution < 1.29 is 19.1 Å². The molecule has 0 unspecified atom stereocenters. The summed E-state index contributed by atoms with van der Waals surface area (Å²) in [4.78, 5) is 12.4. The first-order valence-electron chi connectivity index (χ1n) is 9.84. The molecule has 0 spiro atoms. The van der Waals surface area contributed by atoms with Crippen LogP contribution in [-0.2, 0) is 24.2 Å². The third kappa shape index (κ3) is 4.56. The van der Waals surface area contributed by atoms with Crippen LogP contribution in [0.3, 0.4) is 0 Å². The highest BCUT2D eigenvalue weighted by Gasteiger charge is 2.13. The molecule has 5 nitrogen and oxygen atoms in total. The van der Waals surface area contributed by atoms with Gasteiger partial charge in [0.2, 0.25) is 0 Å². The highest BCUT2D eigenvalue weighted by Crippen LogP contribution is 2.34. The van der Waals surface area contributed by atoms with Crippen molar-refractivity contribution in [1.82, 2.24) is 0 Å². The Bertz CT molecular complexity index is 1160. The summed E-state index contributed by atoms with van der Waals surface area (Å²) < 4.78 is 11.7. The first-order valence-corrected chi connectivity index (χ1v) is 10.7. The van der Waals surface area contributed by atoms with Gasteiger partial charge in [0, 0.05) is 21.4 Å². The van der Waals surface area contributed by atoms with E-state index < -0.39 is 5.97 Å². The molecule has 0 aliphatic carbocycles. The molecular weight excluding hydrogens is 398 g/mol. The van der Waals surface area contributed by atoms with Crippen LogP contribution in [0.15, 0.2) is 64.6 Å². The summed E-state index contributed by atoms with van der Waals surface area (Å²) in [7, 11) is 0. The fraction of sp³-hybridized carbons (Fsp3) is 0.208. The number of hydrogen-bond acceptors (Lipinski definition) is 5. The lowest BCUT2D eigenvalue weighted by Gasteiger charge is -2.11. The van der Waals surface area contributed by atoms with Crippen LogP contribution >= 0.6 is 11.3 Å². The summed E-state index contributed by atoms with van der Waals surface area (Å²) in [5, 5.41) is 12.3. The number of para-hydroxylation sites is 1. The van der Waals surface area contributed by atoms with Crippen molar-refractivity contribution in [3.8, 4) is 16.9 Å². The average molecular weight is 422 g/mol. The maximum absolute atomic E-state index is 11.1. The molecular formula is C24H23NO4S. The number of rotatable bonds is 9. The zero-order chi connectivity index (χ0) is 20.9. The van der Waals surface area contributed by atoms with Crippen molar-refractivity contribution in [3.63, 3.8) is 0 Å². The second kappa shape index (κ2) is 9.15. The summed E-state index contributed by atoms with van der Waals surface area (Å²) in [6.45, 7) is 1.03. The Labute approximate surface area is 178 Å². The van der Waals surface area contributed by atoms with E-state index in [0.717, 1.165) is 40.5 Å². The number of furan rings is 1. The van der Waals surface area contributed by atoms with Crippen molar-refractivity contribution >= 4 is 28.3 Å². The summed E-state index contributed by atoms with van der Waals surface area (Å²) >= 11 is 1.74. The molecule has 2 heterocycles. The molecule has 2 aromatic carbocycles. The van der Waals surface area contributed by atoms with E-state index in [1.54, 1.807) is 29.7 Å². The van der Waals surface area contributed by atoms with Gasteiger partial charge in [-0.3, -0.25) is 4.79 Å². The van der Waals surface area contributed by atoms with Crippen LogP contribution in [0.25, 0.3) is 22.1 Å². The van der Waals surface area contributed by atoms with Gasteiger partial charge in [0.15, 0.2) is 0 Å². The van der Waals surface area contributed by atoms with Crippen molar-refractivity contribution in [2.45, 2.75) is 25.9 Å². The predicted octanol–water partition coefficient (Wildman–Crippen LogP) is 5.26. The quantitative estimate of drug-likeness (QED) is 0.385. The van der Waals surface area contributed by atoms with Gasteiger partial charge in [-0.15, -0.1) is 11.3 Å². The van der Waals surface area contributed by atoms with Gasteiger partial charge in [-0.25, -0.2) is 0 Å². The molecule has 0 saturated heterocycles. The number of benzene rings is 2. The number of ether oxygens (including phenoxy) is 1. The van der Waals surface area contributed by atoms with Crippen molar-refractivity contribution in [1.29, 1.82) is 0 Å². The number of carbonyl (C=O) groups is 1. The molecule has 2 aromatic heterocycles. The molecule has 0 amide bonds. The monoisotopic (exact) mass is 421 g/mol. The number of aliphatic carboxylic acids is 1. The SMILES string of the molecule is NCCCc1cc(-c2cc(COc3ccccc3CC(=O)O)cc3ccoc23)cs1. The number of aryl methyl sites for hydroxylation is 1. The fourth-order valence-corrected chi connectivity index (χ4v) is 4.42. The van der Waals surface area contributed by atoms with Crippen molar-refractivity contribution in [2.24, 2.45) is 5.73 Å². The topological polar surface area (TPSA) is 85.7 Å². The summed E-state index contributed by atoms with van der Waals surface area (Å²) in [5.41, 5.74) is 10.3. The lowest BCUT2D eigenvalue weighted by atomic mass is 10.0. The van der Waals surface area contributed by atoms with Crippen molar-refractivity contribution in [3.05, 3.63) is 76.2 Å². The standard InChI is InChI=1S/C24H23NO4S/c25-8-3-5-20-12-19(15-30-20)21-11-16(10-18-7-9-28-24(18)21)14-29-22-6-2-1-4-17(22)13-23(26)27/h1-2,4,6-7,9-12,15H,3,5,8,13-14,25H2,(H,26,27). The van der Waals surface area contributed by atoms with Crippen LogP contribution in [0.1, 0.15) is 22.4 Å². The van der Waals surface area contributed by atoms with Gasteiger partial charge >= 0.3 is 5.97 Å². The van der Waals surface area contributed by atoms with Crippen LogP contribution in [0.4, 0.5) is 0 Å².